The Morgan fingerprint density at radius 2 is 2.04 bits per heavy atom. The van der Waals surface area contributed by atoms with Gasteiger partial charge in [0.05, 0.1) is 5.69 Å². The van der Waals surface area contributed by atoms with Crippen molar-refractivity contribution in [1.29, 1.82) is 0 Å². The molecule has 3 N–H and O–H groups in total. The largest absolute Gasteiger partial charge is 0.383 e. The van der Waals surface area contributed by atoms with Crippen LogP contribution in [-0.4, -0.2) is 45.9 Å². The van der Waals surface area contributed by atoms with E-state index in [4.69, 9.17) is 0 Å². The highest BCUT2D eigenvalue weighted by Gasteiger charge is 2.36. The van der Waals surface area contributed by atoms with Crippen molar-refractivity contribution in [3.8, 4) is 0 Å². The summed E-state index contributed by atoms with van der Waals surface area (Å²) in [6, 6.07) is 0. The van der Waals surface area contributed by atoms with Crippen LogP contribution in [0.25, 0.3) is 0 Å². The first kappa shape index (κ1) is 22.3. The van der Waals surface area contributed by atoms with Crippen LogP contribution in [0, 0.1) is 5.41 Å². The summed E-state index contributed by atoms with van der Waals surface area (Å²) in [6.07, 6.45) is 3.64. The molecule has 0 saturated carbocycles. The maximum absolute atomic E-state index is 12.7. The SMILES string of the molecule is CC(C)c1nc(C2(O)CCCN(O)CC2)sc1C(=O)NCCCC(C)(C)C. The molecule has 0 aliphatic carbocycles. The number of hydrogen-bond donors (Lipinski definition) is 3. The van der Waals surface area contributed by atoms with Crippen LogP contribution in [0.3, 0.4) is 0 Å². The summed E-state index contributed by atoms with van der Waals surface area (Å²) in [6.45, 7) is 12.2. The molecule has 154 valence electrons. The quantitative estimate of drug-likeness (QED) is 0.634. The lowest BCUT2D eigenvalue weighted by Gasteiger charge is -2.23. The summed E-state index contributed by atoms with van der Waals surface area (Å²) >= 11 is 1.30. The van der Waals surface area contributed by atoms with Gasteiger partial charge in [0, 0.05) is 19.6 Å². The number of hydroxylamine groups is 2. The molecule has 0 bridgehead atoms. The number of aliphatic hydroxyl groups is 1. The van der Waals surface area contributed by atoms with E-state index in [0.717, 1.165) is 18.5 Å². The molecule has 1 aromatic heterocycles. The smallest absolute Gasteiger partial charge is 0.263 e. The van der Waals surface area contributed by atoms with Crippen LogP contribution in [-0.2, 0) is 5.60 Å². The number of carbonyl (C=O) groups is 1. The van der Waals surface area contributed by atoms with E-state index in [2.05, 4.69) is 31.1 Å². The molecule has 1 aliphatic rings. The van der Waals surface area contributed by atoms with E-state index >= 15 is 0 Å². The molecule has 0 spiro atoms. The average Bonchev–Trinajstić information content (AvgIpc) is 2.95. The van der Waals surface area contributed by atoms with Crippen LogP contribution < -0.4 is 5.32 Å². The fourth-order valence-electron chi connectivity index (χ4n) is 3.30. The van der Waals surface area contributed by atoms with Crippen molar-refractivity contribution in [2.45, 2.75) is 78.2 Å². The van der Waals surface area contributed by atoms with Gasteiger partial charge in [0.15, 0.2) is 0 Å². The van der Waals surface area contributed by atoms with Crippen LogP contribution in [0.5, 0.6) is 0 Å². The number of amides is 1. The molecule has 1 aliphatic heterocycles. The maximum Gasteiger partial charge on any atom is 0.263 e. The summed E-state index contributed by atoms with van der Waals surface area (Å²) < 4.78 is 0. The summed E-state index contributed by atoms with van der Waals surface area (Å²) in [5, 5.41) is 25.7. The lowest BCUT2D eigenvalue weighted by molar-refractivity contribution is -0.0933. The molecule has 2 heterocycles. The van der Waals surface area contributed by atoms with Gasteiger partial charge in [0.25, 0.3) is 5.91 Å². The monoisotopic (exact) mass is 397 g/mol. The first-order valence-electron chi connectivity index (χ1n) is 9.97. The van der Waals surface area contributed by atoms with Crippen molar-refractivity contribution in [2.75, 3.05) is 19.6 Å². The van der Waals surface area contributed by atoms with Gasteiger partial charge >= 0.3 is 0 Å². The third kappa shape index (κ3) is 6.24. The Morgan fingerprint density at radius 1 is 1.33 bits per heavy atom. The van der Waals surface area contributed by atoms with Crippen molar-refractivity contribution >= 4 is 17.2 Å². The minimum Gasteiger partial charge on any atom is -0.383 e. The van der Waals surface area contributed by atoms with Crippen molar-refractivity contribution < 1.29 is 15.1 Å². The topological polar surface area (TPSA) is 85.7 Å². The molecule has 0 aromatic carbocycles. The minimum absolute atomic E-state index is 0.0997. The summed E-state index contributed by atoms with van der Waals surface area (Å²) in [4.78, 5) is 18.0. The predicted octanol–water partition coefficient (Wildman–Crippen LogP) is 3.89. The zero-order chi connectivity index (χ0) is 20.2. The van der Waals surface area contributed by atoms with Crippen LogP contribution >= 0.6 is 11.3 Å². The van der Waals surface area contributed by atoms with Gasteiger partial charge in [-0.25, -0.2) is 4.98 Å². The molecule has 1 unspecified atom stereocenters. The molecule has 2 rings (SSSR count). The van der Waals surface area contributed by atoms with E-state index in [1.165, 1.54) is 16.4 Å². The highest BCUT2D eigenvalue weighted by molar-refractivity contribution is 7.14. The first-order valence-corrected chi connectivity index (χ1v) is 10.8. The Bertz CT molecular complexity index is 639. The second-order valence-electron chi connectivity index (χ2n) is 9.15. The third-order valence-electron chi connectivity index (χ3n) is 4.98. The van der Waals surface area contributed by atoms with Crippen LogP contribution in [0.4, 0.5) is 0 Å². The fourth-order valence-corrected chi connectivity index (χ4v) is 4.59. The van der Waals surface area contributed by atoms with Crippen molar-refractivity contribution in [1.82, 2.24) is 15.4 Å². The molecular weight excluding hydrogens is 362 g/mol. The van der Waals surface area contributed by atoms with E-state index in [1.807, 2.05) is 13.8 Å². The molecule has 1 saturated heterocycles. The van der Waals surface area contributed by atoms with Crippen molar-refractivity contribution in [2.24, 2.45) is 5.41 Å². The van der Waals surface area contributed by atoms with Gasteiger partial charge in [0.1, 0.15) is 15.5 Å². The summed E-state index contributed by atoms with van der Waals surface area (Å²) in [5.41, 5.74) is -0.0624. The molecule has 7 heteroatoms. The highest BCUT2D eigenvalue weighted by atomic mass is 32.1. The molecule has 1 aromatic rings. The standard InChI is InChI=1S/C20H35N3O3S/c1-14(2)15-16(17(24)21-11-6-8-19(3,4)5)27-18(22-15)20(25)9-7-12-23(26)13-10-20/h14,25-26H,6-13H2,1-5H3,(H,21,24). The Kier molecular flexibility index (Phi) is 7.41. The Labute approximate surface area is 167 Å². The van der Waals surface area contributed by atoms with Crippen molar-refractivity contribution in [3.05, 3.63) is 15.6 Å². The van der Waals surface area contributed by atoms with Gasteiger partial charge < -0.3 is 15.6 Å². The Hall–Kier alpha value is -1.02. The number of nitrogens with zero attached hydrogens (tertiary/aromatic N) is 2. The zero-order valence-electron chi connectivity index (χ0n) is 17.3. The fraction of sp³-hybridized carbons (Fsp3) is 0.800. The lowest BCUT2D eigenvalue weighted by atomic mass is 9.91. The molecular formula is C20H35N3O3S. The van der Waals surface area contributed by atoms with Gasteiger partial charge in [-0.1, -0.05) is 34.6 Å². The average molecular weight is 398 g/mol. The van der Waals surface area contributed by atoms with Gasteiger partial charge in [-0.3, -0.25) is 4.79 Å². The van der Waals surface area contributed by atoms with E-state index < -0.39 is 5.60 Å². The minimum atomic E-state index is -1.07. The molecule has 27 heavy (non-hydrogen) atoms. The highest BCUT2D eigenvalue weighted by Crippen LogP contribution is 2.38. The molecule has 1 atom stereocenters. The number of thiazole rings is 1. The van der Waals surface area contributed by atoms with E-state index in [0.29, 0.717) is 48.8 Å². The Morgan fingerprint density at radius 3 is 2.67 bits per heavy atom. The Balaban J connectivity index is 2.13. The summed E-state index contributed by atoms with van der Waals surface area (Å²) in [5.74, 6) is 0.00593. The number of carbonyl (C=O) groups excluding carboxylic acids is 1. The lowest BCUT2D eigenvalue weighted by Crippen LogP contribution is -2.27. The molecule has 0 radical (unpaired) electrons. The molecule has 6 nitrogen and oxygen atoms in total. The number of rotatable bonds is 6. The van der Waals surface area contributed by atoms with Crippen LogP contribution in [0.2, 0.25) is 0 Å². The van der Waals surface area contributed by atoms with E-state index in [9.17, 15) is 15.1 Å². The van der Waals surface area contributed by atoms with Crippen LogP contribution in [0.1, 0.15) is 93.0 Å². The van der Waals surface area contributed by atoms with Gasteiger partial charge in [-0.15, -0.1) is 11.3 Å². The summed E-state index contributed by atoms with van der Waals surface area (Å²) in [7, 11) is 0. The van der Waals surface area contributed by atoms with Crippen molar-refractivity contribution in [3.63, 3.8) is 0 Å². The second-order valence-corrected chi connectivity index (χ2v) is 10.1. The van der Waals surface area contributed by atoms with Gasteiger partial charge in [0.2, 0.25) is 0 Å². The van der Waals surface area contributed by atoms with Gasteiger partial charge in [-0.2, -0.15) is 5.06 Å². The number of aromatic nitrogens is 1. The third-order valence-corrected chi connectivity index (χ3v) is 6.25. The zero-order valence-corrected chi connectivity index (χ0v) is 18.2. The molecule has 1 fully saturated rings. The number of nitrogens with one attached hydrogen (secondary N) is 1. The predicted molar refractivity (Wildman–Crippen MR) is 108 cm³/mol. The van der Waals surface area contributed by atoms with E-state index in [1.54, 1.807) is 0 Å². The normalized spacial score (nSPS) is 22.1. The van der Waals surface area contributed by atoms with Crippen LogP contribution in [0.15, 0.2) is 0 Å². The molecule has 1 amide bonds. The van der Waals surface area contributed by atoms with Gasteiger partial charge in [-0.05, 0) is 43.4 Å². The first-order chi connectivity index (χ1) is 12.5. The number of hydrogen-bond acceptors (Lipinski definition) is 6. The second kappa shape index (κ2) is 8.99. The van der Waals surface area contributed by atoms with E-state index in [-0.39, 0.29) is 17.2 Å². The maximum atomic E-state index is 12.7.